The van der Waals surface area contributed by atoms with Crippen molar-refractivity contribution in [2.45, 2.75) is 33.6 Å². The molecule has 19 heavy (non-hydrogen) atoms. The van der Waals surface area contributed by atoms with Gasteiger partial charge in [-0.15, -0.1) is 0 Å². The molecule has 1 heterocycles. The number of hydrogen-bond donors (Lipinski definition) is 1. The predicted octanol–water partition coefficient (Wildman–Crippen LogP) is 1.03. The van der Waals surface area contributed by atoms with E-state index in [1.807, 2.05) is 11.8 Å². The van der Waals surface area contributed by atoms with Gasteiger partial charge < -0.3 is 15.0 Å². The first-order valence-electron chi connectivity index (χ1n) is 6.96. The SMILES string of the molecule is COC(=O)CCN(CC(C)C)C(=O)C1(C)CCNC1. The topological polar surface area (TPSA) is 58.6 Å². The summed E-state index contributed by atoms with van der Waals surface area (Å²) in [4.78, 5) is 25.7. The van der Waals surface area contributed by atoms with Crippen LogP contribution in [0.5, 0.6) is 0 Å². The minimum absolute atomic E-state index is 0.148. The quantitative estimate of drug-likeness (QED) is 0.733. The number of esters is 1. The lowest BCUT2D eigenvalue weighted by Crippen LogP contribution is -2.46. The Bertz CT molecular complexity index is 323. The van der Waals surface area contributed by atoms with Gasteiger partial charge in [0.15, 0.2) is 0 Å². The van der Waals surface area contributed by atoms with Crippen LogP contribution in [0.4, 0.5) is 0 Å². The van der Waals surface area contributed by atoms with E-state index in [2.05, 4.69) is 23.9 Å². The minimum Gasteiger partial charge on any atom is -0.469 e. The number of carbonyl (C=O) groups excluding carboxylic acids is 2. The van der Waals surface area contributed by atoms with E-state index >= 15 is 0 Å². The van der Waals surface area contributed by atoms with Crippen molar-refractivity contribution in [2.75, 3.05) is 33.3 Å². The highest BCUT2D eigenvalue weighted by atomic mass is 16.5. The van der Waals surface area contributed by atoms with Crippen molar-refractivity contribution in [3.8, 4) is 0 Å². The number of nitrogens with one attached hydrogen (secondary N) is 1. The van der Waals surface area contributed by atoms with E-state index in [0.29, 0.717) is 19.0 Å². The van der Waals surface area contributed by atoms with Gasteiger partial charge in [-0.1, -0.05) is 13.8 Å². The van der Waals surface area contributed by atoms with Gasteiger partial charge in [0, 0.05) is 19.6 Å². The number of amides is 1. The molecule has 0 radical (unpaired) electrons. The van der Waals surface area contributed by atoms with E-state index in [0.717, 1.165) is 19.5 Å². The van der Waals surface area contributed by atoms with Gasteiger partial charge in [-0.3, -0.25) is 9.59 Å². The molecule has 1 amide bonds. The summed E-state index contributed by atoms with van der Waals surface area (Å²) >= 11 is 0. The van der Waals surface area contributed by atoms with Gasteiger partial charge >= 0.3 is 5.97 Å². The number of nitrogens with zero attached hydrogens (tertiary/aromatic N) is 1. The van der Waals surface area contributed by atoms with Crippen molar-refractivity contribution < 1.29 is 14.3 Å². The van der Waals surface area contributed by atoms with Crippen LogP contribution in [-0.2, 0) is 14.3 Å². The Hall–Kier alpha value is -1.10. The molecule has 0 aliphatic carbocycles. The van der Waals surface area contributed by atoms with E-state index in [1.54, 1.807) is 0 Å². The second-order valence-electron chi connectivity index (χ2n) is 5.96. The van der Waals surface area contributed by atoms with E-state index in [1.165, 1.54) is 7.11 Å². The standard InChI is InChI=1S/C14H26N2O3/c1-11(2)9-16(8-5-12(17)19-4)13(18)14(3)6-7-15-10-14/h11,15H,5-10H2,1-4H3. The molecule has 5 nitrogen and oxygen atoms in total. The van der Waals surface area contributed by atoms with Gasteiger partial charge in [0.2, 0.25) is 5.91 Å². The van der Waals surface area contributed by atoms with E-state index in [4.69, 9.17) is 0 Å². The number of hydrogen-bond acceptors (Lipinski definition) is 4. The zero-order valence-corrected chi connectivity index (χ0v) is 12.5. The number of rotatable bonds is 6. The molecule has 1 atom stereocenters. The summed E-state index contributed by atoms with van der Waals surface area (Å²) in [6.07, 6.45) is 1.12. The maximum absolute atomic E-state index is 12.6. The van der Waals surface area contributed by atoms with Crippen LogP contribution in [0.3, 0.4) is 0 Å². The van der Waals surface area contributed by atoms with Crippen LogP contribution in [0.2, 0.25) is 0 Å². The molecule has 0 saturated carbocycles. The van der Waals surface area contributed by atoms with Gasteiger partial charge in [0.1, 0.15) is 0 Å². The largest absolute Gasteiger partial charge is 0.469 e. The molecule has 0 spiro atoms. The first kappa shape index (κ1) is 16.0. The molecule has 0 aromatic carbocycles. The fourth-order valence-electron chi connectivity index (χ4n) is 2.43. The first-order valence-corrected chi connectivity index (χ1v) is 6.96. The van der Waals surface area contributed by atoms with Gasteiger partial charge in [-0.2, -0.15) is 0 Å². The fourth-order valence-corrected chi connectivity index (χ4v) is 2.43. The lowest BCUT2D eigenvalue weighted by molar-refractivity contribution is -0.144. The van der Waals surface area contributed by atoms with Crippen molar-refractivity contribution in [3.05, 3.63) is 0 Å². The normalized spacial score (nSPS) is 22.6. The highest BCUT2D eigenvalue weighted by Gasteiger charge is 2.39. The van der Waals surface area contributed by atoms with Crippen molar-refractivity contribution in [1.29, 1.82) is 0 Å². The summed E-state index contributed by atoms with van der Waals surface area (Å²) in [6.45, 7) is 8.89. The van der Waals surface area contributed by atoms with Gasteiger partial charge in [-0.25, -0.2) is 0 Å². The summed E-state index contributed by atoms with van der Waals surface area (Å²) in [5.41, 5.74) is -0.328. The molecule has 1 aliphatic rings. The highest BCUT2D eigenvalue weighted by Crippen LogP contribution is 2.27. The second-order valence-corrected chi connectivity index (χ2v) is 5.96. The molecule has 1 fully saturated rings. The molecule has 1 rings (SSSR count). The Morgan fingerprint density at radius 2 is 2.11 bits per heavy atom. The van der Waals surface area contributed by atoms with Gasteiger partial charge in [0.05, 0.1) is 18.9 Å². The fraction of sp³-hybridized carbons (Fsp3) is 0.857. The maximum Gasteiger partial charge on any atom is 0.307 e. The number of ether oxygens (including phenoxy) is 1. The molecule has 1 aliphatic heterocycles. The van der Waals surface area contributed by atoms with Gasteiger partial charge in [-0.05, 0) is 25.8 Å². The second kappa shape index (κ2) is 6.89. The maximum atomic E-state index is 12.6. The summed E-state index contributed by atoms with van der Waals surface area (Å²) < 4.78 is 4.65. The van der Waals surface area contributed by atoms with Crippen molar-refractivity contribution in [3.63, 3.8) is 0 Å². The molecule has 0 aromatic heterocycles. The van der Waals surface area contributed by atoms with E-state index in [-0.39, 0.29) is 23.7 Å². The third-order valence-corrected chi connectivity index (χ3v) is 3.57. The monoisotopic (exact) mass is 270 g/mol. The van der Waals surface area contributed by atoms with Crippen molar-refractivity contribution >= 4 is 11.9 Å². The smallest absolute Gasteiger partial charge is 0.307 e. The molecule has 0 bridgehead atoms. The summed E-state index contributed by atoms with van der Waals surface area (Å²) in [7, 11) is 1.37. The van der Waals surface area contributed by atoms with Crippen molar-refractivity contribution in [2.24, 2.45) is 11.3 Å². The van der Waals surface area contributed by atoms with Crippen LogP contribution in [0.15, 0.2) is 0 Å². The van der Waals surface area contributed by atoms with Crippen LogP contribution in [-0.4, -0.2) is 50.1 Å². The van der Waals surface area contributed by atoms with Gasteiger partial charge in [0.25, 0.3) is 0 Å². The molecule has 110 valence electrons. The lowest BCUT2D eigenvalue weighted by atomic mass is 9.87. The molecular formula is C14H26N2O3. The van der Waals surface area contributed by atoms with E-state index < -0.39 is 0 Å². The Morgan fingerprint density at radius 1 is 1.42 bits per heavy atom. The molecular weight excluding hydrogens is 244 g/mol. The third kappa shape index (κ3) is 4.49. The van der Waals surface area contributed by atoms with Crippen LogP contribution in [0.25, 0.3) is 0 Å². The third-order valence-electron chi connectivity index (χ3n) is 3.57. The summed E-state index contributed by atoms with van der Waals surface area (Å²) in [5, 5.41) is 3.24. The molecule has 1 saturated heterocycles. The summed E-state index contributed by atoms with van der Waals surface area (Å²) in [5.74, 6) is 0.269. The highest BCUT2D eigenvalue weighted by molar-refractivity contribution is 5.83. The van der Waals surface area contributed by atoms with E-state index in [9.17, 15) is 9.59 Å². The Labute approximate surface area is 115 Å². The minimum atomic E-state index is -0.328. The summed E-state index contributed by atoms with van der Waals surface area (Å²) in [6, 6.07) is 0. The molecule has 5 heteroatoms. The lowest BCUT2D eigenvalue weighted by Gasteiger charge is -2.32. The number of carbonyl (C=O) groups is 2. The number of methoxy groups -OCH3 is 1. The van der Waals surface area contributed by atoms with Crippen LogP contribution in [0, 0.1) is 11.3 Å². The average Bonchev–Trinajstić information content (AvgIpc) is 2.80. The van der Waals surface area contributed by atoms with Crippen LogP contribution in [0.1, 0.15) is 33.6 Å². The van der Waals surface area contributed by atoms with Crippen LogP contribution < -0.4 is 5.32 Å². The Balaban J connectivity index is 2.66. The zero-order valence-electron chi connectivity index (χ0n) is 12.5. The first-order chi connectivity index (χ1) is 8.89. The predicted molar refractivity (Wildman–Crippen MR) is 73.6 cm³/mol. The molecule has 0 aromatic rings. The Kier molecular flexibility index (Phi) is 5.79. The van der Waals surface area contributed by atoms with Crippen LogP contribution >= 0.6 is 0 Å². The Morgan fingerprint density at radius 3 is 2.58 bits per heavy atom. The molecule has 1 N–H and O–H groups in total. The van der Waals surface area contributed by atoms with Crippen molar-refractivity contribution in [1.82, 2.24) is 10.2 Å². The molecule has 1 unspecified atom stereocenters. The average molecular weight is 270 g/mol. The zero-order chi connectivity index (χ0) is 14.5.